The average molecular weight is 615 g/mol. The number of hydrogen-bond donors (Lipinski definition) is 0. The van der Waals surface area contributed by atoms with Gasteiger partial charge in [-0.25, -0.2) is 4.98 Å². The van der Waals surface area contributed by atoms with Gasteiger partial charge in [-0.3, -0.25) is 25.0 Å². The van der Waals surface area contributed by atoms with Gasteiger partial charge in [0.2, 0.25) is 5.75 Å². The van der Waals surface area contributed by atoms with Gasteiger partial charge in [0.05, 0.1) is 32.0 Å². The molecule has 0 bridgehead atoms. The Bertz CT molecular complexity index is 1670. The van der Waals surface area contributed by atoms with E-state index in [1.54, 1.807) is 24.3 Å². The maximum absolute atomic E-state index is 13.3. The molecule has 0 fully saturated rings. The lowest BCUT2D eigenvalue weighted by molar-refractivity contribution is -0.385. The fourth-order valence-electron chi connectivity index (χ4n) is 3.80. The summed E-state index contributed by atoms with van der Waals surface area (Å²) in [5.41, 5.74) is 0.318. The number of ether oxygens (including phenoxy) is 1. The maximum Gasteiger partial charge on any atom is 0.313 e. The standard InChI is InChI=1S/C26H21BrClN5O6/c1-2-3-7-24-30-22-9-8-18(27)13-20(22)26(34)31(24)29-14-17-11-21(28)25(23(12-17)33(37)38)39-15-16-5-4-6-19(10-16)32(35)36/h4-6,8-14H,2-3,7,15H2,1H3. The number of rotatable bonds is 10. The lowest BCUT2D eigenvalue weighted by Crippen LogP contribution is -2.22. The molecule has 0 spiro atoms. The summed E-state index contributed by atoms with van der Waals surface area (Å²) in [6.45, 7) is 1.85. The van der Waals surface area contributed by atoms with Gasteiger partial charge < -0.3 is 4.74 Å². The molecule has 0 atom stereocenters. The van der Waals surface area contributed by atoms with Crippen molar-refractivity contribution >= 4 is 56.0 Å². The molecule has 0 radical (unpaired) electrons. The highest BCUT2D eigenvalue weighted by atomic mass is 79.9. The maximum atomic E-state index is 13.3. The van der Waals surface area contributed by atoms with E-state index in [-0.39, 0.29) is 34.2 Å². The summed E-state index contributed by atoms with van der Waals surface area (Å²) in [5, 5.41) is 27.5. The minimum absolute atomic E-state index is 0.0600. The van der Waals surface area contributed by atoms with E-state index in [1.807, 2.05) is 6.92 Å². The highest BCUT2D eigenvalue weighted by Gasteiger charge is 2.21. The Balaban J connectivity index is 1.69. The number of aromatic nitrogens is 2. The quantitative estimate of drug-likeness (QED) is 0.114. The molecule has 1 heterocycles. The largest absolute Gasteiger partial charge is 0.481 e. The van der Waals surface area contributed by atoms with E-state index >= 15 is 0 Å². The average Bonchev–Trinajstić information content (AvgIpc) is 2.91. The van der Waals surface area contributed by atoms with Crippen LogP contribution in [-0.2, 0) is 13.0 Å². The van der Waals surface area contributed by atoms with Gasteiger partial charge in [0.15, 0.2) is 0 Å². The van der Waals surface area contributed by atoms with Crippen LogP contribution in [0.4, 0.5) is 11.4 Å². The molecule has 0 aliphatic rings. The van der Waals surface area contributed by atoms with Crippen LogP contribution in [0.5, 0.6) is 5.75 Å². The third kappa shape index (κ3) is 6.47. The number of fused-ring (bicyclic) bond motifs is 1. The molecule has 0 aliphatic carbocycles. The van der Waals surface area contributed by atoms with Crippen molar-refractivity contribution in [2.75, 3.05) is 0 Å². The Kier molecular flexibility index (Phi) is 8.67. The number of non-ortho nitro benzene ring substituents is 1. The number of unbranched alkanes of at least 4 members (excludes halogenated alkanes) is 1. The summed E-state index contributed by atoms with van der Waals surface area (Å²) in [4.78, 5) is 39.5. The van der Waals surface area contributed by atoms with Crippen LogP contribution in [-0.4, -0.2) is 25.7 Å². The number of nitro groups is 2. The first-order valence-corrected chi connectivity index (χ1v) is 12.9. The summed E-state index contributed by atoms with van der Waals surface area (Å²) in [5.74, 6) is 0.272. The molecule has 0 saturated heterocycles. The highest BCUT2D eigenvalue weighted by Crippen LogP contribution is 2.36. The predicted molar refractivity (Wildman–Crippen MR) is 151 cm³/mol. The number of aryl methyl sites for hydroxylation is 1. The molecule has 0 aliphatic heterocycles. The number of nitrogens with zero attached hydrogens (tertiary/aromatic N) is 5. The fourth-order valence-corrected chi connectivity index (χ4v) is 4.44. The summed E-state index contributed by atoms with van der Waals surface area (Å²) in [6, 6.07) is 13.6. The van der Waals surface area contributed by atoms with E-state index in [4.69, 9.17) is 16.3 Å². The van der Waals surface area contributed by atoms with Crippen molar-refractivity contribution in [1.29, 1.82) is 0 Å². The molecule has 4 aromatic rings. The molecule has 39 heavy (non-hydrogen) atoms. The molecule has 0 N–H and O–H groups in total. The first-order chi connectivity index (χ1) is 18.7. The third-order valence-corrected chi connectivity index (χ3v) is 6.47. The van der Waals surface area contributed by atoms with Crippen LogP contribution in [0.1, 0.15) is 36.7 Å². The molecule has 0 amide bonds. The van der Waals surface area contributed by atoms with Crippen LogP contribution in [0.25, 0.3) is 10.9 Å². The molecule has 13 heteroatoms. The zero-order valence-corrected chi connectivity index (χ0v) is 22.9. The summed E-state index contributed by atoms with van der Waals surface area (Å²) < 4.78 is 7.51. The lowest BCUT2D eigenvalue weighted by atomic mass is 10.2. The van der Waals surface area contributed by atoms with Crippen molar-refractivity contribution in [3.63, 3.8) is 0 Å². The van der Waals surface area contributed by atoms with Crippen LogP contribution < -0.4 is 10.3 Å². The summed E-state index contributed by atoms with van der Waals surface area (Å²) in [7, 11) is 0. The molecular formula is C26H21BrClN5O6. The SMILES string of the molecule is CCCCc1nc2ccc(Br)cc2c(=O)n1N=Cc1cc(Cl)c(OCc2cccc([N+](=O)[O-])c2)c([N+](=O)[O-])c1. The van der Waals surface area contributed by atoms with E-state index in [1.165, 1.54) is 41.2 Å². The molecule has 3 aromatic carbocycles. The Morgan fingerprint density at radius 3 is 2.64 bits per heavy atom. The first kappa shape index (κ1) is 27.9. The first-order valence-electron chi connectivity index (χ1n) is 11.8. The molecular weight excluding hydrogens is 594 g/mol. The second-order valence-corrected chi connectivity index (χ2v) is 9.80. The van der Waals surface area contributed by atoms with Gasteiger partial charge in [-0.05, 0) is 36.2 Å². The fraction of sp³-hybridized carbons (Fsp3) is 0.192. The van der Waals surface area contributed by atoms with Crippen LogP contribution in [0.3, 0.4) is 0 Å². The second kappa shape index (κ2) is 12.1. The number of hydrogen-bond acceptors (Lipinski definition) is 8. The number of halogens is 2. The molecule has 1 aromatic heterocycles. The van der Waals surface area contributed by atoms with Gasteiger partial charge in [-0.2, -0.15) is 9.78 Å². The van der Waals surface area contributed by atoms with Crippen LogP contribution in [0, 0.1) is 20.2 Å². The van der Waals surface area contributed by atoms with E-state index in [9.17, 15) is 25.0 Å². The minimum atomic E-state index is -0.653. The number of nitro benzene ring substituents is 2. The topological polar surface area (TPSA) is 143 Å². The predicted octanol–water partition coefficient (Wildman–Crippen LogP) is 6.43. The lowest BCUT2D eigenvalue weighted by Gasteiger charge is -2.10. The van der Waals surface area contributed by atoms with Crippen molar-refractivity contribution in [2.45, 2.75) is 32.8 Å². The molecule has 0 saturated carbocycles. The van der Waals surface area contributed by atoms with Crippen LogP contribution in [0.2, 0.25) is 5.02 Å². The van der Waals surface area contributed by atoms with Gasteiger partial charge in [0.1, 0.15) is 12.4 Å². The zero-order chi connectivity index (χ0) is 28.1. The molecule has 4 rings (SSSR count). The van der Waals surface area contributed by atoms with Crippen LogP contribution in [0.15, 0.2) is 69.0 Å². The molecule has 0 unspecified atom stereocenters. The van der Waals surface area contributed by atoms with E-state index in [0.717, 1.165) is 12.8 Å². The van der Waals surface area contributed by atoms with Crippen molar-refractivity contribution in [1.82, 2.24) is 9.66 Å². The normalized spacial score (nSPS) is 11.3. The van der Waals surface area contributed by atoms with E-state index in [0.29, 0.717) is 33.2 Å². The third-order valence-electron chi connectivity index (χ3n) is 5.70. The Labute approximate surface area is 235 Å². The van der Waals surface area contributed by atoms with E-state index in [2.05, 4.69) is 26.0 Å². The minimum Gasteiger partial charge on any atom is -0.481 e. The van der Waals surface area contributed by atoms with Crippen molar-refractivity contribution in [2.24, 2.45) is 5.10 Å². The zero-order valence-electron chi connectivity index (χ0n) is 20.5. The Morgan fingerprint density at radius 1 is 1.13 bits per heavy atom. The van der Waals surface area contributed by atoms with Crippen molar-refractivity contribution < 1.29 is 14.6 Å². The number of benzene rings is 3. The molecule has 11 nitrogen and oxygen atoms in total. The second-order valence-electron chi connectivity index (χ2n) is 8.48. The summed E-state index contributed by atoms with van der Waals surface area (Å²) >= 11 is 9.72. The highest BCUT2D eigenvalue weighted by molar-refractivity contribution is 9.10. The van der Waals surface area contributed by atoms with Gasteiger partial charge >= 0.3 is 5.69 Å². The Morgan fingerprint density at radius 2 is 1.92 bits per heavy atom. The van der Waals surface area contributed by atoms with Gasteiger partial charge in [0, 0.05) is 34.7 Å². The van der Waals surface area contributed by atoms with E-state index < -0.39 is 15.5 Å². The van der Waals surface area contributed by atoms with Crippen LogP contribution >= 0.6 is 27.5 Å². The van der Waals surface area contributed by atoms with Gasteiger partial charge in [0.25, 0.3) is 11.2 Å². The monoisotopic (exact) mass is 613 g/mol. The van der Waals surface area contributed by atoms with Gasteiger partial charge in [-0.15, -0.1) is 0 Å². The van der Waals surface area contributed by atoms with Crippen molar-refractivity contribution in [3.05, 3.63) is 112 Å². The van der Waals surface area contributed by atoms with Crippen molar-refractivity contribution in [3.8, 4) is 5.75 Å². The molecule has 200 valence electrons. The summed E-state index contributed by atoms with van der Waals surface area (Å²) in [6.07, 6.45) is 3.49. The Hall–Kier alpha value is -4.16. The van der Waals surface area contributed by atoms with Gasteiger partial charge in [-0.1, -0.05) is 53.0 Å². The smallest absolute Gasteiger partial charge is 0.313 e.